The van der Waals surface area contributed by atoms with E-state index in [1.54, 1.807) is 0 Å². The first kappa shape index (κ1) is 15.5. The van der Waals surface area contributed by atoms with Gasteiger partial charge in [0.05, 0.1) is 12.1 Å². The Morgan fingerprint density at radius 3 is 2.70 bits per heavy atom. The summed E-state index contributed by atoms with van der Waals surface area (Å²) in [6.07, 6.45) is -4.04. The molecule has 0 bridgehead atoms. The Hall–Kier alpha value is -2.35. The minimum Gasteiger partial charge on any atom is -0.346 e. The van der Waals surface area contributed by atoms with Crippen LogP contribution in [0.3, 0.4) is 0 Å². The molecule has 23 heavy (non-hydrogen) atoms. The number of alkyl halides is 3. The Bertz CT molecular complexity index is 753. The predicted octanol–water partition coefficient (Wildman–Crippen LogP) is 1.79. The number of hydrogen-bond donors (Lipinski definition) is 2. The van der Waals surface area contributed by atoms with Gasteiger partial charge < -0.3 is 11.1 Å². The molecule has 2 atom stereocenters. The maximum absolute atomic E-state index is 12.7. The average Bonchev–Trinajstić information content (AvgIpc) is 3.01. The van der Waals surface area contributed by atoms with E-state index in [1.807, 2.05) is 24.3 Å². The van der Waals surface area contributed by atoms with Crippen molar-refractivity contribution in [3.8, 4) is 0 Å². The van der Waals surface area contributed by atoms with E-state index in [1.165, 1.54) is 7.05 Å². The second-order valence-electron chi connectivity index (χ2n) is 5.54. The summed E-state index contributed by atoms with van der Waals surface area (Å²) in [6, 6.07) is 7.55. The molecular formula is C15H15F3N4O. The largest absolute Gasteiger partial charge is 0.435 e. The lowest BCUT2D eigenvalue weighted by molar-refractivity contribution is -0.141. The number of benzene rings is 1. The van der Waals surface area contributed by atoms with Crippen LogP contribution in [0, 0.1) is 0 Å². The Kier molecular flexibility index (Phi) is 3.63. The van der Waals surface area contributed by atoms with Gasteiger partial charge in [-0.2, -0.15) is 18.3 Å². The van der Waals surface area contributed by atoms with Crippen LogP contribution in [0.2, 0.25) is 0 Å². The van der Waals surface area contributed by atoms with Crippen molar-refractivity contribution in [2.45, 2.75) is 24.7 Å². The third-order valence-corrected chi connectivity index (χ3v) is 4.01. The fraction of sp³-hybridized carbons (Fsp3) is 0.333. The van der Waals surface area contributed by atoms with Crippen LogP contribution in [0.15, 0.2) is 30.3 Å². The monoisotopic (exact) mass is 324 g/mol. The Morgan fingerprint density at radius 1 is 1.39 bits per heavy atom. The second kappa shape index (κ2) is 5.38. The first-order valence-corrected chi connectivity index (χ1v) is 7.03. The van der Waals surface area contributed by atoms with Crippen LogP contribution in [-0.2, 0) is 19.6 Å². The normalized spacial score (nSPS) is 20.4. The van der Waals surface area contributed by atoms with Crippen molar-refractivity contribution in [1.29, 1.82) is 0 Å². The molecule has 1 aliphatic carbocycles. The fourth-order valence-electron chi connectivity index (χ4n) is 2.83. The van der Waals surface area contributed by atoms with Gasteiger partial charge in [-0.1, -0.05) is 24.3 Å². The Labute approximate surface area is 130 Å². The summed E-state index contributed by atoms with van der Waals surface area (Å²) in [5, 5.41) is 6.04. The quantitative estimate of drug-likeness (QED) is 0.885. The lowest BCUT2D eigenvalue weighted by Crippen LogP contribution is -2.41. The first-order valence-electron chi connectivity index (χ1n) is 7.03. The van der Waals surface area contributed by atoms with Gasteiger partial charge in [0, 0.05) is 13.1 Å². The van der Waals surface area contributed by atoms with E-state index in [0.29, 0.717) is 6.42 Å². The molecule has 3 rings (SSSR count). The molecule has 0 fully saturated rings. The van der Waals surface area contributed by atoms with Crippen LogP contribution < -0.4 is 11.1 Å². The molecule has 1 amide bonds. The predicted molar refractivity (Wildman–Crippen MR) is 76.5 cm³/mol. The number of aromatic nitrogens is 2. The summed E-state index contributed by atoms with van der Waals surface area (Å²) in [5.74, 6) is -0.622. The van der Waals surface area contributed by atoms with E-state index >= 15 is 0 Å². The molecule has 5 nitrogen and oxygen atoms in total. The number of carbonyl (C=O) groups is 1. The highest BCUT2D eigenvalue weighted by atomic mass is 19.4. The standard InChI is InChI=1S/C15H15F3N4O/c1-22-11(7-12(21-22)15(16,17)18)14(23)20-10-6-8-4-2-3-5-9(8)13(10)19/h2-5,7,10,13H,6,19H2,1H3,(H,20,23)/t10-,13-/m1/s1. The Balaban J connectivity index is 1.78. The number of carbonyl (C=O) groups excluding carboxylic acids is 1. The van der Waals surface area contributed by atoms with Crippen molar-refractivity contribution in [3.05, 3.63) is 52.8 Å². The summed E-state index contributed by atoms with van der Waals surface area (Å²) in [4.78, 5) is 12.3. The van der Waals surface area contributed by atoms with E-state index < -0.39 is 17.8 Å². The van der Waals surface area contributed by atoms with Gasteiger partial charge in [0.15, 0.2) is 5.69 Å². The van der Waals surface area contributed by atoms with E-state index in [2.05, 4.69) is 10.4 Å². The van der Waals surface area contributed by atoms with Gasteiger partial charge in [0.25, 0.3) is 5.91 Å². The smallest absolute Gasteiger partial charge is 0.346 e. The molecular weight excluding hydrogens is 309 g/mol. The number of halogens is 3. The van der Waals surface area contributed by atoms with Gasteiger partial charge in [-0.3, -0.25) is 9.48 Å². The van der Waals surface area contributed by atoms with Gasteiger partial charge in [0.1, 0.15) is 5.69 Å². The molecule has 1 aromatic carbocycles. The molecule has 1 aliphatic rings. The van der Waals surface area contributed by atoms with Gasteiger partial charge in [-0.15, -0.1) is 0 Å². The summed E-state index contributed by atoms with van der Waals surface area (Å²) in [7, 11) is 1.30. The highest BCUT2D eigenvalue weighted by Crippen LogP contribution is 2.30. The molecule has 1 heterocycles. The van der Waals surface area contributed by atoms with Gasteiger partial charge >= 0.3 is 6.18 Å². The molecule has 0 unspecified atom stereocenters. The van der Waals surface area contributed by atoms with E-state index in [4.69, 9.17) is 5.73 Å². The number of nitrogens with one attached hydrogen (secondary N) is 1. The van der Waals surface area contributed by atoms with Crippen LogP contribution in [-0.4, -0.2) is 21.7 Å². The van der Waals surface area contributed by atoms with E-state index in [-0.39, 0.29) is 17.8 Å². The number of nitrogens with zero attached hydrogens (tertiary/aromatic N) is 2. The number of amides is 1. The molecule has 1 aromatic heterocycles. The maximum atomic E-state index is 12.7. The van der Waals surface area contributed by atoms with Gasteiger partial charge in [-0.25, -0.2) is 0 Å². The summed E-state index contributed by atoms with van der Waals surface area (Å²) >= 11 is 0. The van der Waals surface area contributed by atoms with Crippen LogP contribution in [0.25, 0.3) is 0 Å². The number of nitrogens with two attached hydrogens (primary N) is 1. The van der Waals surface area contributed by atoms with Crippen molar-refractivity contribution >= 4 is 5.91 Å². The zero-order chi connectivity index (χ0) is 16.8. The average molecular weight is 324 g/mol. The zero-order valence-corrected chi connectivity index (χ0v) is 12.3. The topological polar surface area (TPSA) is 72.9 Å². The van der Waals surface area contributed by atoms with Crippen molar-refractivity contribution in [3.63, 3.8) is 0 Å². The van der Waals surface area contributed by atoms with Gasteiger partial charge in [-0.05, 0) is 17.5 Å². The maximum Gasteiger partial charge on any atom is 0.435 e. The molecule has 2 aromatic rings. The van der Waals surface area contributed by atoms with Crippen LogP contribution in [0.4, 0.5) is 13.2 Å². The third kappa shape index (κ3) is 2.81. The summed E-state index contributed by atoms with van der Waals surface area (Å²) in [5.41, 5.74) is 6.84. The summed E-state index contributed by atoms with van der Waals surface area (Å²) < 4.78 is 38.9. The van der Waals surface area contributed by atoms with Gasteiger partial charge in [0.2, 0.25) is 0 Å². The molecule has 0 saturated heterocycles. The summed E-state index contributed by atoms with van der Waals surface area (Å²) in [6.45, 7) is 0. The minimum absolute atomic E-state index is 0.152. The third-order valence-electron chi connectivity index (χ3n) is 4.01. The number of fused-ring (bicyclic) bond motifs is 1. The fourth-order valence-corrected chi connectivity index (χ4v) is 2.83. The lowest BCUT2D eigenvalue weighted by Gasteiger charge is -2.17. The van der Waals surface area contributed by atoms with Crippen molar-refractivity contribution in [2.24, 2.45) is 12.8 Å². The highest BCUT2D eigenvalue weighted by Gasteiger charge is 2.36. The van der Waals surface area contributed by atoms with E-state index in [0.717, 1.165) is 21.9 Å². The number of hydrogen-bond acceptors (Lipinski definition) is 3. The van der Waals surface area contributed by atoms with Crippen molar-refractivity contribution < 1.29 is 18.0 Å². The van der Waals surface area contributed by atoms with Crippen LogP contribution in [0.1, 0.15) is 33.4 Å². The molecule has 0 saturated carbocycles. The van der Waals surface area contributed by atoms with Crippen LogP contribution in [0.5, 0.6) is 0 Å². The molecule has 122 valence electrons. The molecule has 0 aliphatic heterocycles. The molecule has 3 N–H and O–H groups in total. The van der Waals surface area contributed by atoms with E-state index in [9.17, 15) is 18.0 Å². The minimum atomic E-state index is -4.59. The van der Waals surface area contributed by atoms with Crippen molar-refractivity contribution in [2.75, 3.05) is 0 Å². The SMILES string of the molecule is Cn1nc(C(F)(F)F)cc1C(=O)N[C@@H]1Cc2ccccc2[C@H]1N. The van der Waals surface area contributed by atoms with Crippen LogP contribution >= 0.6 is 0 Å². The lowest BCUT2D eigenvalue weighted by atomic mass is 10.1. The highest BCUT2D eigenvalue weighted by molar-refractivity contribution is 5.93. The Morgan fingerprint density at radius 2 is 2.09 bits per heavy atom. The number of aryl methyl sites for hydroxylation is 1. The molecule has 0 radical (unpaired) electrons. The zero-order valence-electron chi connectivity index (χ0n) is 12.3. The molecule has 0 spiro atoms. The van der Waals surface area contributed by atoms with Crippen molar-refractivity contribution in [1.82, 2.24) is 15.1 Å². The second-order valence-corrected chi connectivity index (χ2v) is 5.54. The number of rotatable bonds is 2. The molecule has 8 heteroatoms. The first-order chi connectivity index (χ1) is 10.8.